The number of carbonyl (C=O) groups excluding carboxylic acids is 2. The highest BCUT2D eigenvalue weighted by molar-refractivity contribution is 7.10. The summed E-state index contributed by atoms with van der Waals surface area (Å²) in [6.07, 6.45) is 4.99. The van der Waals surface area contributed by atoms with Crippen molar-refractivity contribution in [3.8, 4) is 0 Å². The van der Waals surface area contributed by atoms with Crippen LogP contribution < -0.4 is 10.6 Å². The fraction of sp³-hybridized carbons (Fsp3) is 0.414. The highest BCUT2D eigenvalue weighted by atomic mass is 32.1. The van der Waals surface area contributed by atoms with Gasteiger partial charge in [0.15, 0.2) is 0 Å². The molecule has 1 aromatic carbocycles. The normalized spacial score (nSPS) is 12.2. The van der Waals surface area contributed by atoms with Gasteiger partial charge in [-0.15, -0.1) is 22.7 Å². The van der Waals surface area contributed by atoms with Gasteiger partial charge < -0.3 is 15.2 Å². The molecule has 8 heteroatoms. The standard InChI is InChI=1S/C29H36N4O2S2/c1-4-9-24(29(35)30-15-14-22-10-7-16-36-22)32-28(34)20-12-13-26-25(18-20)31-27(19-23-11-8-17-37-23)33(26)21(5-2)6-3/h7-8,10-13,16-18,21,24H,4-6,9,14-15,19H2,1-3H3,(H,30,35)(H,32,34). The first-order valence-electron chi connectivity index (χ1n) is 13.2. The molecule has 196 valence electrons. The molecule has 3 aromatic heterocycles. The van der Waals surface area contributed by atoms with Crippen LogP contribution in [0, 0.1) is 0 Å². The predicted molar refractivity (Wildman–Crippen MR) is 154 cm³/mol. The molecule has 1 unspecified atom stereocenters. The van der Waals surface area contributed by atoms with Gasteiger partial charge in [-0.3, -0.25) is 9.59 Å². The van der Waals surface area contributed by atoms with E-state index in [1.165, 1.54) is 9.75 Å². The Morgan fingerprint density at radius 2 is 1.73 bits per heavy atom. The second-order valence-electron chi connectivity index (χ2n) is 9.26. The molecule has 4 rings (SSSR count). The molecular weight excluding hydrogens is 500 g/mol. The van der Waals surface area contributed by atoms with Crippen LogP contribution in [0.1, 0.15) is 78.4 Å². The Morgan fingerprint density at radius 3 is 2.38 bits per heavy atom. The van der Waals surface area contributed by atoms with Gasteiger partial charge in [0.1, 0.15) is 11.9 Å². The molecule has 3 heterocycles. The number of nitrogens with one attached hydrogen (secondary N) is 2. The van der Waals surface area contributed by atoms with Gasteiger partial charge in [0, 0.05) is 34.3 Å². The maximum absolute atomic E-state index is 13.2. The highest BCUT2D eigenvalue weighted by Gasteiger charge is 2.22. The van der Waals surface area contributed by atoms with Crippen molar-refractivity contribution in [2.24, 2.45) is 0 Å². The largest absolute Gasteiger partial charge is 0.354 e. The molecule has 2 amide bonds. The summed E-state index contributed by atoms with van der Waals surface area (Å²) in [6.45, 7) is 6.98. The van der Waals surface area contributed by atoms with Gasteiger partial charge in [0.05, 0.1) is 11.0 Å². The molecule has 0 aliphatic rings. The third kappa shape index (κ3) is 6.67. The summed E-state index contributed by atoms with van der Waals surface area (Å²) in [5.74, 6) is 0.646. The third-order valence-electron chi connectivity index (χ3n) is 6.69. The van der Waals surface area contributed by atoms with Gasteiger partial charge in [0.2, 0.25) is 5.91 Å². The molecule has 0 radical (unpaired) electrons. The molecule has 0 bridgehead atoms. The number of nitrogens with zero attached hydrogens (tertiary/aromatic N) is 2. The minimum atomic E-state index is -0.562. The van der Waals surface area contributed by atoms with Gasteiger partial charge in [-0.1, -0.05) is 39.3 Å². The molecule has 1 atom stereocenters. The first-order chi connectivity index (χ1) is 18.0. The van der Waals surface area contributed by atoms with E-state index in [1.54, 1.807) is 22.7 Å². The Kier molecular flexibility index (Phi) is 9.52. The highest BCUT2D eigenvalue weighted by Crippen LogP contribution is 2.28. The number of amides is 2. The van der Waals surface area contributed by atoms with Crippen LogP contribution in [-0.4, -0.2) is 34.0 Å². The number of hydrogen-bond donors (Lipinski definition) is 2. The molecule has 0 aliphatic carbocycles. The zero-order valence-corrected chi connectivity index (χ0v) is 23.5. The third-order valence-corrected chi connectivity index (χ3v) is 8.51. The van der Waals surface area contributed by atoms with Crippen molar-refractivity contribution in [1.29, 1.82) is 0 Å². The zero-order chi connectivity index (χ0) is 26.2. The maximum Gasteiger partial charge on any atom is 0.252 e. The van der Waals surface area contributed by atoms with Gasteiger partial charge in [-0.05, 0) is 66.8 Å². The number of aromatic nitrogens is 2. The van der Waals surface area contributed by atoms with Crippen molar-refractivity contribution in [2.45, 2.75) is 71.4 Å². The lowest BCUT2D eigenvalue weighted by atomic mass is 10.1. The maximum atomic E-state index is 13.2. The molecule has 0 spiro atoms. The minimum Gasteiger partial charge on any atom is -0.354 e. The molecule has 0 fully saturated rings. The summed E-state index contributed by atoms with van der Waals surface area (Å²) in [5.41, 5.74) is 2.39. The lowest BCUT2D eigenvalue weighted by Crippen LogP contribution is -2.47. The fourth-order valence-corrected chi connectivity index (χ4v) is 6.14. The number of hydrogen-bond acceptors (Lipinski definition) is 5. The average Bonchev–Trinajstić information content (AvgIpc) is 3.67. The molecule has 0 saturated heterocycles. The lowest BCUT2D eigenvalue weighted by molar-refractivity contribution is -0.123. The van der Waals surface area contributed by atoms with E-state index in [0.29, 0.717) is 24.6 Å². The van der Waals surface area contributed by atoms with Crippen molar-refractivity contribution in [3.05, 3.63) is 74.4 Å². The number of rotatable bonds is 13. The van der Waals surface area contributed by atoms with E-state index in [9.17, 15) is 9.59 Å². The fourth-order valence-electron chi connectivity index (χ4n) is 4.73. The zero-order valence-electron chi connectivity index (χ0n) is 21.8. The molecule has 0 aliphatic heterocycles. The van der Waals surface area contributed by atoms with Crippen molar-refractivity contribution in [2.75, 3.05) is 6.54 Å². The number of carbonyl (C=O) groups is 2. The van der Waals surface area contributed by atoms with Crippen molar-refractivity contribution in [1.82, 2.24) is 20.2 Å². The lowest BCUT2D eigenvalue weighted by Gasteiger charge is -2.19. The molecular formula is C29H36N4O2S2. The molecule has 2 N–H and O–H groups in total. The number of thiophene rings is 2. The topological polar surface area (TPSA) is 76.0 Å². The van der Waals surface area contributed by atoms with Crippen LogP contribution in [-0.2, 0) is 17.6 Å². The Bertz CT molecular complexity index is 1290. The average molecular weight is 537 g/mol. The van der Waals surface area contributed by atoms with Crippen LogP contribution >= 0.6 is 22.7 Å². The van der Waals surface area contributed by atoms with Crippen LogP contribution in [0.2, 0.25) is 0 Å². The van der Waals surface area contributed by atoms with Crippen molar-refractivity contribution < 1.29 is 9.59 Å². The molecule has 6 nitrogen and oxygen atoms in total. The summed E-state index contributed by atoms with van der Waals surface area (Å²) in [5, 5.41) is 10.1. The van der Waals surface area contributed by atoms with Crippen molar-refractivity contribution >= 4 is 45.5 Å². The van der Waals surface area contributed by atoms with Gasteiger partial charge >= 0.3 is 0 Å². The van der Waals surface area contributed by atoms with E-state index in [4.69, 9.17) is 4.98 Å². The predicted octanol–water partition coefficient (Wildman–Crippen LogP) is 6.37. The SMILES string of the molecule is CCCC(NC(=O)c1ccc2c(c1)nc(Cc1cccs1)n2C(CC)CC)C(=O)NCCc1cccs1. The monoisotopic (exact) mass is 536 g/mol. The first-order valence-corrected chi connectivity index (χ1v) is 14.9. The Labute approximate surface area is 227 Å². The summed E-state index contributed by atoms with van der Waals surface area (Å²) in [6, 6.07) is 13.8. The minimum absolute atomic E-state index is 0.135. The number of imidazole rings is 1. The Morgan fingerprint density at radius 1 is 1.00 bits per heavy atom. The Balaban J connectivity index is 1.51. The van der Waals surface area contributed by atoms with E-state index >= 15 is 0 Å². The smallest absolute Gasteiger partial charge is 0.252 e. The van der Waals surface area contributed by atoms with E-state index < -0.39 is 6.04 Å². The van der Waals surface area contributed by atoms with E-state index in [1.807, 2.05) is 36.6 Å². The van der Waals surface area contributed by atoms with Gasteiger partial charge in [0.25, 0.3) is 5.91 Å². The van der Waals surface area contributed by atoms with Crippen LogP contribution in [0.4, 0.5) is 0 Å². The second-order valence-corrected chi connectivity index (χ2v) is 11.3. The summed E-state index contributed by atoms with van der Waals surface area (Å²) in [7, 11) is 0. The van der Waals surface area contributed by atoms with Gasteiger partial charge in [-0.2, -0.15) is 0 Å². The van der Waals surface area contributed by atoms with Gasteiger partial charge in [-0.25, -0.2) is 4.98 Å². The number of benzene rings is 1. The van der Waals surface area contributed by atoms with Crippen LogP contribution in [0.3, 0.4) is 0 Å². The summed E-state index contributed by atoms with van der Waals surface area (Å²) >= 11 is 3.42. The van der Waals surface area contributed by atoms with Crippen LogP contribution in [0.5, 0.6) is 0 Å². The summed E-state index contributed by atoms with van der Waals surface area (Å²) < 4.78 is 2.34. The summed E-state index contributed by atoms with van der Waals surface area (Å²) in [4.78, 5) is 33.5. The van der Waals surface area contributed by atoms with Crippen molar-refractivity contribution in [3.63, 3.8) is 0 Å². The van der Waals surface area contributed by atoms with Crippen LogP contribution in [0.15, 0.2) is 53.2 Å². The van der Waals surface area contributed by atoms with E-state index in [2.05, 4.69) is 52.6 Å². The molecule has 0 saturated carbocycles. The molecule has 37 heavy (non-hydrogen) atoms. The van der Waals surface area contributed by atoms with Crippen LogP contribution in [0.25, 0.3) is 11.0 Å². The Hall–Kier alpha value is -2.97. The van der Waals surface area contributed by atoms with E-state index in [-0.39, 0.29) is 11.8 Å². The second kappa shape index (κ2) is 13.0. The quantitative estimate of drug-likeness (QED) is 0.208. The first kappa shape index (κ1) is 27.1. The van der Waals surface area contributed by atoms with E-state index in [0.717, 1.165) is 49.0 Å². The number of fused-ring (bicyclic) bond motifs is 1. The molecule has 4 aromatic rings.